The molecule has 0 aliphatic heterocycles. The Morgan fingerprint density at radius 2 is 1.50 bits per heavy atom. The Morgan fingerprint density at radius 1 is 1.10 bits per heavy atom. The maximum Gasteiger partial charge on any atom is 0.381 e. The van der Waals surface area contributed by atoms with Gasteiger partial charge in [-0.1, -0.05) is 0 Å². The minimum absolute atomic E-state index is 0. The quantitative estimate of drug-likeness (QED) is 0.202. The molecule has 0 aliphatic rings. The lowest BCUT2D eigenvalue weighted by atomic mass is 10.5. The molecule has 0 aromatic rings. The highest BCUT2D eigenvalue weighted by atomic mass is 27.0. The van der Waals surface area contributed by atoms with E-state index >= 15 is 0 Å². The van der Waals surface area contributed by atoms with Crippen LogP contribution in [0.4, 0.5) is 0 Å². The second kappa shape index (κ2) is 5.15. The molecule has 0 bridgehead atoms. The summed E-state index contributed by atoms with van der Waals surface area (Å²) in [5.74, 6) is -2.65. The Kier molecular flexibility index (Phi) is 6.21. The summed E-state index contributed by atoms with van der Waals surface area (Å²) in [5.41, 5.74) is 0. The molecule has 0 atom stereocenters. The zero-order chi connectivity index (χ0) is 7.44. The summed E-state index contributed by atoms with van der Waals surface area (Å²) in [5, 5.41) is 0. The lowest BCUT2D eigenvalue weighted by Crippen LogP contribution is -2.16. The number of ketones is 1. The number of carbonyl (C=O) groups excluding carboxylic acids is 3. The average molecular weight is 160 g/mol. The zero-order valence-electron chi connectivity index (χ0n) is 5.13. The number of esters is 2. The van der Waals surface area contributed by atoms with Crippen LogP contribution in [-0.2, 0) is 19.1 Å². The Hall–Kier alpha value is -0.658. The maximum atomic E-state index is 10.2. The molecule has 0 spiro atoms. The van der Waals surface area contributed by atoms with Gasteiger partial charge in [0.25, 0.3) is 0 Å². The predicted octanol–water partition coefficient (Wildman–Crippen LogP) is -1.52. The number of Topliss-reactive ketones (excluding diaryl/α,β-unsaturated/α-hetero) is 1. The van der Waals surface area contributed by atoms with Gasteiger partial charge in [0.15, 0.2) is 17.4 Å². The fourth-order valence-corrected chi connectivity index (χ4v) is 0.202. The van der Waals surface area contributed by atoms with Crippen molar-refractivity contribution in [3.63, 3.8) is 0 Å². The molecule has 4 nitrogen and oxygen atoms in total. The average Bonchev–Trinajstić information content (AvgIpc) is 1.63. The van der Waals surface area contributed by atoms with Crippen molar-refractivity contribution in [1.82, 2.24) is 0 Å². The fraction of sp³-hybridized carbons (Fsp3) is 0.400. The van der Waals surface area contributed by atoms with Gasteiger partial charge in [-0.25, -0.2) is 4.79 Å². The van der Waals surface area contributed by atoms with Crippen LogP contribution >= 0.6 is 0 Å². The second-order valence-corrected chi connectivity index (χ2v) is 1.44. The van der Waals surface area contributed by atoms with E-state index in [0.717, 1.165) is 13.8 Å². The fourth-order valence-electron chi connectivity index (χ4n) is 0.202. The van der Waals surface area contributed by atoms with Crippen molar-refractivity contribution in [3.05, 3.63) is 0 Å². The largest absolute Gasteiger partial charge is 0.387 e. The van der Waals surface area contributed by atoms with Crippen molar-refractivity contribution in [1.29, 1.82) is 0 Å². The van der Waals surface area contributed by atoms with Gasteiger partial charge < -0.3 is 4.74 Å². The highest BCUT2D eigenvalue weighted by molar-refractivity contribution is 6.34. The van der Waals surface area contributed by atoms with Crippen molar-refractivity contribution in [3.8, 4) is 0 Å². The van der Waals surface area contributed by atoms with E-state index in [2.05, 4.69) is 4.74 Å². The van der Waals surface area contributed by atoms with Crippen molar-refractivity contribution in [2.75, 3.05) is 0 Å². The molecule has 0 rings (SSSR count). The lowest BCUT2D eigenvalue weighted by Gasteiger charge is -1.91. The molecule has 0 amide bonds. The van der Waals surface area contributed by atoms with Gasteiger partial charge in [0.1, 0.15) is 0 Å². The molecule has 0 aromatic heterocycles. The molecule has 10 heavy (non-hydrogen) atoms. The molecule has 0 unspecified atom stereocenters. The third kappa shape index (κ3) is 5.48. The maximum absolute atomic E-state index is 10.2. The highest BCUT2D eigenvalue weighted by Crippen LogP contribution is 1.79. The van der Waals surface area contributed by atoms with Gasteiger partial charge in [0.2, 0.25) is 5.78 Å². The van der Waals surface area contributed by atoms with Gasteiger partial charge in [0.05, 0.1) is 0 Å². The van der Waals surface area contributed by atoms with Crippen LogP contribution in [0.1, 0.15) is 13.8 Å². The van der Waals surface area contributed by atoms with E-state index in [4.69, 9.17) is 0 Å². The van der Waals surface area contributed by atoms with E-state index in [-0.39, 0.29) is 17.4 Å². The van der Waals surface area contributed by atoms with Crippen molar-refractivity contribution in [2.24, 2.45) is 0 Å². The van der Waals surface area contributed by atoms with Crippen molar-refractivity contribution < 1.29 is 19.1 Å². The summed E-state index contributed by atoms with van der Waals surface area (Å²) in [6, 6.07) is 0. The Labute approximate surface area is 68.7 Å². The smallest absolute Gasteiger partial charge is 0.381 e. The molecule has 56 valence electrons. The van der Waals surface area contributed by atoms with Crippen LogP contribution in [0.5, 0.6) is 0 Å². The molecule has 0 saturated carbocycles. The minimum atomic E-state index is -1.11. The summed E-state index contributed by atoms with van der Waals surface area (Å²) in [6.45, 7) is 2.09. The van der Waals surface area contributed by atoms with Gasteiger partial charge in [-0.2, -0.15) is 0 Å². The van der Waals surface area contributed by atoms with Gasteiger partial charge >= 0.3 is 11.9 Å². The monoisotopic (exact) mass is 160 g/mol. The molecule has 0 heterocycles. The minimum Gasteiger partial charge on any atom is -0.387 e. The number of rotatable bonds is 1. The van der Waals surface area contributed by atoms with Gasteiger partial charge in [-0.3, -0.25) is 9.59 Å². The first-order chi connectivity index (χ1) is 4.04. The second-order valence-electron chi connectivity index (χ2n) is 1.44. The van der Waals surface area contributed by atoms with Crippen molar-refractivity contribution in [2.45, 2.75) is 13.8 Å². The Bertz CT molecular complexity index is 163. The number of hydrogen-bond acceptors (Lipinski definition) is 4. The highest BCUT2D eigenvalue weighted by Gasteiger charge is 2.10. The van der Waals surface area contributed by atoms with Crippen LogP contribution in [0.25, 0.3) is 0 Å². The third-order valence-electron chi connectivity index (χ3n) is 0.524. The van der Waals surface area contributed by atoms with Crippen LogP contribution < -0.4 is 0 Å². The Morgan fingerprint density at radius 3 is 1.60 bits per heavy atom. The van der Waals surface area contributed by atoms with Crippen LogP contribution in [-0.4, -0.2) is 35.1 Å². The molecular formula is C5H9AlO4. The Balaban J connectivity index is 0. The van der Waals surface area contributed by atoms with E-state index < -0.39 is 17.7 Å². The summed E-state index contributed by atoms with van der Waals surface area (Å²) < 4.78 is 3.88. The first-order valence-corrected chi connectivity index (χ1v) is 2.27. The lowest BCUT2D eigenvalue weighted by molar-refractivity contribution is -0.162. The predicted molar refractivity (Wildman–Crippen MR) is 37.4 cm³/mol. The number of ether oxygens (including phenoxy) is 1. The van der Waals surface area contributed by atoms with Gasteiger partial charge in [-0.15, -0.1) is 0 Å². The van der Waals surface area contributed by atoms with E-state index in [1.807, 2.05) is 0 Å². The van der Waals surface area contributed by atoms with Crippen molar-refractivity contribution >= 4 is 35.1 Å². The normalized spacial score (nSPS) is 7.40. The summed E-state index contributed by atoms with van der Waals surface area (Å²) in [6.07, 6.45) is 0. The summed E-state index contributed by atoms with van der Waals surface area (Å²) in [4.78, 5) is 30.2. The van der Waals surface area contributed by atoms with E-state index in [1.54, 1.807) is 0 Å². The topological polar surface area (TPSA) is 60.4 Å². The summed E-state index contributed by atoms with van der Waals surface area (Å²) >= 11 is 0. The number of hydrogen-bond donors (Lipinski definition) is 0. The summed E-state index contributed by atoms with van der Waals surface area (Å²) in [7, 11) is 0. The van der Waals surface area contributed by atoms with Crippen LogP contribution in [0, 0.1) is 0 Å². The van der Waals surface area contributed by atoms with Gasteiger partial charge in [0, 0.05) is 13.8 Å². The van der Waals surface area contributed by atoms with Crippen LogP contribution in [0.15, 0.2) is 0 Å². The molecule has 0 N–H and O–H groups in total. The molecule has 0 aromatic carbocycles. The SMILES string of the molecule is CC(=O)OC(=O)C(C)=O.[AlH3]. The van der Waals surface area contributed by atoms with Gasteiger partial charge in [-0.05, 0) is 0 Å². The molecular weight excluding hydrogens is 151 g/mol. The number of carbonyl (C=O) groups is 3. The standard InChI is InChI=1S/C5H6O4.Al.3H/c1-3(6)5(8)9-4(2)7;;;;/h1-2H3;;;;. The van der Waals surface area contributed by atoms with Crippen LogP contribution in [0.2, 0.25) is 0 Å². The molecule has 0 aliphatic carbocycles. The van der Waals surface area contributed by atoms with E-state index in [0.29, 0.717) is 0 Å². The first kappa shape index (κ1) is 12.1. The zero-order valence-corrected chi connectivity index (χ0v) is 5.13. The van der Waals surface area contributed by atoms with E-state index in [1.165, 1.54) is 0 Å². The van der Waals surface area contributed by atoms with E-state index in [9.17, 15) is 14.4 Å². The first-order valence-electron chi connectivity index (χ1n) is 2.27. The molecule has 0 saturated heterocycles. The third-order valence-corrected chi connectivity index (χ3v) is 0.524. The van der Waals surface area contributed by atoms with Crippen LogP contribution in [0.3, 0.4) is 0 Å². The molecule has 0 radical (unpaired) electrons. The molecule has 0 fully saturated rings. The molecule has 5 heteroatoms.